The molecule has 1 N–H and O–H groups in total. The summed E-state index contributed by atoms with van der Waals surface area (Å²) in [6.45, 7) is 1.90. The quantitative estimate of drug-likeness (QED) is 0.669. The molecule has 64 valence electrons. The summed E-state index contributed by atoms with van der Waals surface area (Å²) in [4.78, 5) is 0. The smallest absolute Gasteiger partial charge is 0.126 e. The van der Waals surface area contributed by atoms with Crippen LogP contribution in [0, 0.1) is 5.82 Å². The SMILES string of the molecule is CC=CCc1ccc(F)cc1O. The number of aromatic hydroxyl groups is 1. The van der Waals surface area contributed by atoms with Gasteiger partial charge in [0.1, 0.15) is 11.6 Å². The molecule has 0 unspecified atom stereocenters. The Morgan fingerprint density at radius 2 is 2.25 bits per heavy atom. The molecule has 0 aliphatic rings. The predicted molar refractivity (Wildman–Crippen MR) is 46.6 cm³/mol. The second-order valence-electron chi connectivity index (χ2n) is 2.55. The number of hydrogen-bond donors (Lipinski definition) is 1. The summed E-state index contributed by atoms with van der Waals surface area (Å²) in [6, 6.07) is 4.06. The van der Waals surface area contributed by atoms with Gasteiger partial charge in [-0.3, -0.25) is 0 Å². The molecular weight excluding hydrogens is 155 g/mol. The molecule has 2 heteroatoms. The second-order valence-corrected chi connectivity index (χ2v) is 2.55. The van der Waals surface area contributed by atoms with Crippen LogP contribution in [0.25, 0.3) is 0 Å². The van der Waals surface area contributed by atoms with E-state index in [2.05, 4.69) is 0 Å². The number of phenols is 1. The molecule has 0 radical (unpaired) electrons. The average molecular weight is 166 g/mol. The summed E-state index contributed by atoms with van der Waals surface area (Å²) in [5.41, 5.74) is 0.745. The Hall–Kier alpha value is -1.31. The Labute approximate surface area is 71.2 Å². The summed E-state index contributed by atoms with van der Waals surface area (Å²) in [5.74, 6) is -0.384. The molecule has 12 heavy (non-hydrogen) atoms. The number of phenolic OH excluding ortho intramolecular Hbond substituents is 1. The van der Waals surface area contributed by atoms with Gasteiger partial charge in [0.25, 0.3) is 0 Å². The van der Waals surface area contributed by atoms with Gasteiger partial charge in [0.15, 0.2) is 0 Å². The molecule has 0 saturated carbocycles. The summed E-state index contributed by atoms with van der Waals surface area (Å²) < 4.78 is 12.5. The molecular formula is C10H11FO. The third-order valence-corrected chi connectivity index (χ3v) is 1.62. The van der Waals surface area contributed by atoms with Crippen molar-refractivity contribution in [3.63, 3.8) is 0 Å². The van der Waals surface area contributed by atoms with Gasteiger partial charge < -0.3 is 5.11 Å². The molecule has 0 amide bonds. The van der Waals surface area contributed by atoms with E-state index in [0.717, 1.165) is 11.6 Å². The summed E-state index contributed by atoms with van der Waals surface area (Å²) >= 11 is 0. The molecule has 1 rings (SSSR count). The molecule has 0 saturated heterocycles. The zero-order chi connectivity index (χ0) is 8.97. The molecule has 1 nitrogen and oxygen atoms in total. The molecule has 1 aromatic carbocycles. The van der Waals surface area contributed by atoms with Crippen LogP contribution < -0.4 is 0 Å². The van der Waals surface area contributed by atoms with Crippen molar-refractivity contribution in [3.8, 4) is 5.75 Å². The lowest BCUT2D eigenvalue weighted by Crippen LogP contribution is -1.83. The van der Waals surface area contributed by atoms with E-state index >= 15 is 0 Å². The highest BCUT2D eigenvalue weighted by Gasteiger charge is 1.99. The van der Waals surface area contributed by atoms with Crippen LogP contribution in [0.5, 0.6) is 5.75 Å². The number of hydrogen-bond acceptors (Lipinski definition) is 1. The minimum Gasteiger partial charge on any atom is -0.508 e. The first-order chi connectivity index (χ1) is 5.74. The first-order valence-corrected chi connectivity index (χ1v) is 3.82. The lowest BCUT2D eigenvalue weighted by atomic mass is 10.1. The topological polar surface area (TPSA) is 20.2 Å². The molecule has 0 aliphatic heterocycles. The van der Waals surface area contributed by atoms with Gasteiger partial charge in [-0.05, 0) is 25.0 Å². The van der Waals surface area contributed by atoms with E-state index in [-0.39, 0.29) is 5.75 Å². The number of allylic oxidation sites excluding steroid dienone is 2. The van der Waals surface area contributed by atoms with Crippen molar-refractivity contribution in [2.45, 2.75) is 13.3 Å². The molecule has 0 atom stereocenters. The molecule has 1 aromatic rings. The standard InChI is InChI=1S/C10H11FO/c1-2-3-4-8-5-6-9(11)7-10(8)12/h2-3,5-7,12H,4H2,1H3. The maximum atomic E-state index is 12.5. The highest BCUT2D eigenvalue weighted by molar-refractivity contribution is 5.33. The monoisotopic (exact) mass is 166 g/mol. The first-order valence-electron chi connectivity index (χ1n) is 3.82. The zero-order valence-electron chi connectivity index (χ0n) is 6.92. The van der Waals surface area contributed by atoms with Crippen molar-refractivity contribution >= 4 is 0 Å². The average Bonchev–Trinajstić information content (AvgIpc) is 2.03. The Kier molecular flexibility index (Phi) is 2.86. The normalized spacial score (nSPS) is 10.8. The maximum Gasteiger partial charge on any atom is 0.126 e. The minimum atomic E-state index is -0.406. The van der Waals surface area contributed by atoms with Crippen LogP contribution in [-0.2, 0) is 6.42 Å². The summed E-state index contributed by atoms with van der Waals surface area (Å²) in [5, 5.41) is 9.24. The van der Waals surface area contributed by atoms with E-state index < -0.39 is 5.82 Å². The minimum absolute atomic E-state index is 0.0214. The highest BCUT2D eigenvalue weighted by Crippen LogP contribution is 2.18. The zero-order valence-corrected chi connectivity index (χ0v) is 6.92. The lowest BCUT2D eigenvalue weighted by Gasteiger charge is -1.99. The van der Waals surface area contributed by atoms with Crippen molar-refractivity contribution in [1.29, 1.82) is 0 Å². The number of halogens is 1. The fourth-order valence-electron chi connectivity index (χ4n) is 0.954. The van der Waals surface area contributed by atoms with Gasteiger partial charge in [-0.15, -0.1) is 0 Å². The van der Waals surface area contributed by atoms with E-state index in [1.165, 1.54) is 6.07 Å². The number of rotatable bonds is 2. The highest BCUT2D eigenvalue weighted by atomic mass is 19.1. The van der Waals surface area contributed by atoms with Crippen LogP contribution in [-0.4, -0.2) is 5.11 Å². The number of benzene rings is 1. The van der Waals surface area contributed by atoms with Gasteiger partial charge in [0, 0.05) is 6.07 Å². The third-order valence-electron chi connectivity index (χ3n) is 1.62. The van der Waals surface area contributed by atoms with E-state index in [9.17, 15) is 9.50 Å². The van der Waals surface area contributed by atoms with Crippen molar-refractivity contribution < 1.29 is 9.50 Å². The Morgan fingerprint density at radius 3 is 2.83 bits per heavy atom. The van der Waals surface area contributed by atoms with Gasteiger partial charge in [0.05, 0.1) is 0 Å². The van der Waals surface area contributed by atoms with Crippen molar-refractivity contribution in [2.75, 3.05) is 0 Å². The van der Waals surface area contributed by atoms with E-state index in [0.29, 0.717) is 6.42 Å². The first kappa shape index (κ1) is 8.78. The Bertz CT molecular complexity index is 292. The van der Waals surface area contributed by atoms with Crippen LogP contribution in [0.15, 0.2) is 30.4 Å². The van der Waals surface area contributed by atoms with Crippen molar-refractivity contribution in [3.05, 3.63) is 41.7 Å². The fourth-order valence-corrected chi connectivity index (χ4v) is 0.954. The Balaban J connectivity index is 2.86. The molecule has 0 aromatic heterocycles. The van der Waals surface area contributed by atoms with E-state index in [4.69, 9.17) is 0 Å². The summed E-state index contributed by atoms with van der Waals surface area (Å²) in [6.07, 6.45) is 4.44. The van der Waals surface area contributed by atoms with Crippen LogP contribution >= 0.6 is 0 Å². The van der Waals surface area contributed by atoms with E-state index in [1.807, 2.05) is 19.1 Å². The molecule has 0 fully saturated rings. The predicted octanol–water partition coefficient (Wildman–Crippen LogP) is 2.65. The largest absolute Gasteiger partial charge is 0.508 e. The van der Waals surface area contributed by atoms with Crippen LogP contribution in [0.2, 0.25) is 0 Å². The van der Waals surface area contributed by atoms with Crippen molar-refractivity contribution in [2.24, 2.45) is 0 Å². The third kappa shape index (κ3) is 2.09. The molecule has 0 spiro atoms. The van der Waals surface area contributed by atoms with Crippen LogP contribution in [0.4, 0.5) is 4.39 Å². The van der Waals surface area contributed by atoms with Gasteiger partial charge in [0.2, 0.25) is 0 Å². The van der Waals surface area contributed by atoms with Gasteiger partial charge in [-0.1, -0.05) is 18.2 Å². The lowest BCUT2D eigenvalue weighted by molar-refractivity contribution is 0.463. The molecule has 0 heterocycles. The second kappa shape index (κ2) is 3.90. The summed E-state index contributed by atoms with van der Waals surface area (Å²) in [7, 11) is 0. The molecule has 0 bridgehead atoms. The van der Waals surface area contributed by atoms with Gasteiger partial charge >= 0.3 is 0 Å². The van der Waals surface area contributed by atoms with Crippen LogP contribution in [0.1, 0.15) is 12.5 Å². The Morgan fingerprint density at radius 1 is 1.50 bits per heavy atom. The maximum absolute atomic E-state index is 12.5. The fraction of sp³-hybridized carbons (Fsp3) is 0.200. The van der Waals surface area contributed by atoms with Gasteiger partial charge in [-0.2, -0.15) is 0 Å². The van der Waals surface area contributed by atoms with Gasteiger partial charge in [-0.25, -0.2) is 4.39 Å². The van der Waals surface area contributed by atoms with Crippen LogP contribution in [0.3, 0.4) is 0 Å². The van der Waals surface area contributed by atoms with E-state index in [1.54, 1.807) is 6.07 Å². The van der Waals surface area contributed by atoms with Crippen molar-refractivity contribution in [1.82, 2.24) is 0 Å². The molecule has 0 aliphatic carbocycles.